The van der Waals surface area contributed by atoms with Crippen molar-refractivity contribution < 1.29 is 8.81 Å². The number of oxazole rings is 1. The Morgan fingerprint density at radius 1 is 1.24 bits per heavy atom. The molecule has 1 saturated heterocycles. The lowest BCUT2D eigenvalue weighted by molar-refractivity contribution is 0.164. The van der Waals surface area contributed by atoms with Gasteiger partial charge < -0.3 is 15.1 Å². The lowest BCUT2D eigenvalue weighted by Crippen LogP contribution is -2.42. The van der Waals surface area contributed by atoms with Crippen LogP contribution in [0.15, 0.2) is 27.6 Å². The van der Waals surface area contributed by atoms with E-state index in [1.54, 1.807) is 20.0 Å². The summed E-state index contributed by atoms with van der Waals surface area (Å²) in [5.74, 6) is 2.95. The maximum atomic E-state index is 13.4. The van der Waals surface area contributed by atoms with Crippen molar-refractivity contribution in [1.82, 2.24) is 20.5 Å². The third kappa shape index (κ3) is 6.03. The molecule has 2 aromatic rings. The van der Waals surface area contributed by atoms with E-state index < -0.39 is 0 Å². The molecule has 29 heavy (non-hydrogen) atoms. The summed E-state index contributed by atoms with van der Waals surface area (Å²) < 4.78 is 19.1. The van der Waals surface area contributed by atoms with Crippen LogP contribution < -0.4 is 10.6 Å². The van der Waals surface area contributed by atoms with Crippen molar-refractivity contribution in [3.05, 3.63) is 52.5 Å². The van der Waals surface area contributed by atoms with Crippen molar-refractivity contribution in [3.8, 4) is 0 Å². The van der Waals surface area contributed by atoms with Crippen molar-refractivity contribution in [2.24, 2.45) is 10.9 Å². The van der Waals surface area contributed by atoms with Crippen LogP contribution in [0.2, 0.25) is 0 Å². The fourth-order valence-corrected chi connectivity index (χ4v) is 3.61. The molecule has 0 unspecified atom stereocenters. The molecule has 0 radical (unpaired) electrons. The molecular weight excluding hydrogens is 369 g/mol. The third-order valence-corrected chi connectivity index (χ3v) is 5.60. The molecule has 0 atom stereocenters. The number of hydrogen-bond acceptors (Lipinski definition) is 4. The molecule has 7 heteroatoms. The van der Waals surface area contributed by atoms with Crippen LogP contribution in [0, 0.1) is 32.5 Å². The van der Waals surface area contributed by atoms with Gasteiger partial charge in [-0.05, 0) is 69.8 Å². The Labute approximate surface area is 172 Å². The quantitative estimate of drug-likeness (QED) is 0.574. The number of rotatable bonds is 6. The van der Waals surface area contributed by atoms with Gasteiger partial charge in [0.05, 0.1) is 12.2 Å². The molecule has 6 nitrogen and oxygen atoms in total. The highest BCUT2D eigenvalue weighted by Gasteiger charge is 2.21. The zero-order valence-electron chi connectivity index (χ0n) is 17.9. The van der Waals surface area contributed by atoms with Gasteiger partial charge in [0, 0.05) is 20.1 Å². The summed E-state index contributed by atoms with van der Waals surface area (Å²) in [5, 5.41) is 6.73. The zero-order chi connectivity index (χ0) is 20.8. The van der Waals surface area contributed by atoms with Crippen molar-refractivity contribution in [3.63, 3.8) is 0 Å². The monoisotopic (exact) mass is 401 g/mol. The molecule has 0 spiro atoms. The van der Waals surface area contributed by atoms with Gasteiger partial charge in [0.15, 0.2) is 5.96 Å². The fourth-order valence-electron chi connectivity index (χ4n) is 3.61. The molecule has 0 aliphatic carbocycles. The van der Waals surface area contributed by atoms with E-state index in [2.05, 4.69) is 25.5 Å². The van der Waals surface area contributed by atoms with Crippen molar-refractivity contribution in [2.75, 3.05) is 26.7 Å². The number of piperidine rings is 1. The topological polar surface area (TPSA) is 65.7 Å². The van der Waals surface area contributed by atoms with E-state index in [-0.39, 0.29) is 5.82 Å². The molecule has 1 aliphatic rings. The van der Waals surface area contributed by atoms with Crippen LogP contribution in [0.3, 0.4) is 0 Å². The SMILES string of the molecule is CN=C(NCc1ccc(F)c(C)c1)NCC1CCN(Cc2nc(C)c(C)o2)CC1. The molecule has 1 aromatic carbocycles. The lowest BCUT2D eigenvalue weighted by Gasteiger charge is -2.31. The second kappa shape index (κ2) is 9.87. The number of aliphatic imine (C=N–C) groups is 1. The van der Waals surface area contributed by atoms with Crippen molar-refractivity contribution in [1.29, 1.82) is 0 Å². The average Bonchev–Trinajstić information content (AvgIpc) is 3.02. The van der Waals surface area contributed by atoms with Gasteiger partial charge in [-0.3, -0.25) is 9.89 Å². The van der Waals surface area contributed by atoms with E-state index in [1.165, 1.54) is 6.07 Å². The molecule has 2 heterocycles. The zero-order valence-corrected chi connectivity index (χ0v) is 17.9. The van der Waals surface area contributed by atoms with E-state index >= 15 is 0 Å². The Balaban J connectivity index is 1.38. The van der Waals surface area contributed by atoms with Gasteiger partial charge in [-0.2, -0.15) is 0 Å². The van der Waals surface area contributed by atoms with Crippen LogP contribution in [-0.4, -0.2) is 42.5 Å². The van der Waals surface area contributed by atoms with Crippen molar-refractivity contribution in [2.45, 2.75) is 46.7 Å². The first-order valence-electron chi connectivity index (χ1n) is 10.3. The number of likely N-dealkylation sites (tertiary alicyclic amines) is 1. The standard InChI is InChI=1S/C22H32FN5O/c1-15-11-19(5-6-20(15)23)13-26-22(24-4)25-12-18-7-9-28(10-8-18)14-21-27-16(2)17(3)29-21/h5-6,11,18H,7-10,12-14H2,1-4H3,(H2,24,25,26). The second-order valence-electron chi connectivity index (χ2n) is 7.86. The molecule has 1 aliphatic heterocycles. The summed E-state index contributed by atoms with van der Waals surface area (Å²) in [4.78, 5) is 11.2. The van der Waals surface area contributed by atoms with Gasteiger partial charge in [-0.1, -0.05) is 12.1 Å². The summed E-state index contributed by atoms with van der Waals surface area (Å²) in [5.41, 5.74) is 2.68. The van der Waals surface area contributed by atoms with Crippen molar-refractivity contribution >= 4 is 5.96 Å². The number of aryl methyl sites for hydroxylation is 3. The molecule has 1 aromatic heterocycles. The highest BCUT2D eigenvalue weighted by molar-refractivity contribution is 5.79. The first-order chi connectivity index (χ1) is 13.9. The molecule has 3 rings (SSSR count). The van der Waals surface area contributed by atoms with Gasteiger partial charge in [-0.25, -0.2) is 9.37 Å². The van der Waals surface area contributed by atoms with Crippen LogP contribution in [0.1, 0.15) is 41.3 Å². The number of hydrogen-bond donors (Lipinski definition) is 2. The minimum absolute atomic E-state index is 0.171. The minimum atomic E-state index is -0.171. The maximum absolute atomic E-state index is 13.4. The largest absolute Gasteiger partial charge is 0.444 e. The van der Waals surface area contributed by atoms with Crippen LogP contribution in [0.4, 0.5) is 4.39 Å². The van der Waals surface area contributed by atoms with Crippen LogP contribution in [0.5, 0.6) is 0 Å². The number of guanidine groups is 1. The second-order valence-corrected chi connectivity index (χ2v) is 7.86. The predicted octanol–water partition coefficient (Wildman–Crippen LogP) is 3.32. The van der Waals surface area contributed by atoms with E-state index in [9.17, 15) is 4.39 Å². The van der Waals surface area contributed by atoms with Gasteiger partial charge in [0.25, 0.3) is 0 Å². The maximum Gasteiger partial charge on any atom is 0.208 e. The van der Waals surface area contributed by atoms with Crippen LogP contribution >= 0.6 is 0 Å². The predicted molar refractivity (Wildman–Crippen MR) is 113 cm³/mol. The Morgan fingerprint density at radius 3 is 2.62 bits per heavy atom. The van der Waals surface area contributed by atoms with E-state index in [0.717, 1.165) is 67.9 Å². The first kappa shape index (κ1) is 21.3. The molecule has 0 saturated carbocycles. The third-order valence-electron chi connectivity index (χ3n) is 5.60. The van der Waals surface area contributed by atoms with Crippen LogP contribution in [0.25, 0.3) is 0 Å². The molecule has 158 valence electrons. The molecular formula is C22H32FN5O. The lowest BCUT2D eigenvalue weighted by atomic mass is 9.97. The summed E-state index contributed by atoms with van der Waals surface area (Å²) >= 11 is 0. The van der Waals surface area contributed by atoms with Gasteiger partial charge in [0.1, 0.15) is 11.6 Å². The number of nitrogens with zero attached hydrogens (tertiary/aromatic N) is 3. The van der Waals surface area contributed by atoms with E-state index in [0.29, 0.717) is 18.0 Å². The summed E-state index contributed by atoms with van der Waals surface area (Å²) in [6.45, 7) is 10.1. The van der Waals surface area contributed by atoms with E-state index in [1.807, 2.05) is 19.9 Å². The smallest absolute Gasteiger partial charge is 0.208 e. The number of nitrogens with one attached hydrogen (secondary N) is 2. The van der Waals surface area contributed by atoms with E-state index in [4.69, 9.17) is 4.42 Å². The molecule has 1 fully saturated rings. The summed E-state index contributed by atoms with van der Waals surface area (Å²) in [7, 11) is 1.77. The Morgan fingerprint density at radius 2 is 2.00 bits per heavy atom. The average molecular weight is 402 g/mol. The minimum Gasteiger partial charge on any atom is -0.444 e. The molecule has 2 N–H and O–H groups in total. The van der Waals surface area contributed by atoms with Gasteiger partial charge in [-0.15, -0.1) is 0 Å². The summed E-state index contributed by atoms with van der Waals surface area (Å²) in [6.07, 6.45) is 2.28. The fraction of sp³-hybridized carbons (Fsp3) is 0.545. The van der Waals surface area contributed by atoms with Gasteiger partial charge in [0.2, 0.25) is 5.89 Å². The molecule has 0 amide bonds. The number of halogens is 1. The molecule has 0 bridgehead atoms. The highest BCUT2D eigenvalue weighted by atomic mass is 19.1. The van der Waals surface area contributed by atoms with Crippen LogP contribution in [-0.2, 0) is 13.1 Å². The Kier molecular flexibility index (Phi) is 7.25. The number of benzene rings is 1. The number of aromatic nitrogens is 1. The Bertz CT molecular complexity index is 820. The summed E-state index contributed by atoms with van der Waals surface area (Å²) in [6, 6.07) is 5.18. The normalized spacial score (nSPS) is 16.2. The Hall–Kier alpha value is -2.41. The van der Waals surface area contributed by atoms with Gasteiger partial charge >= 0.3 is 0 Å². The first-order valence-corrected chi connectivity index (χ1v) is 10.3. The highest BCUT2D eigenvalue weighted by Crippen LogP contribution is 2.19.